The number of hydrogen-bond donors (Lipinski definition) is 2. The maximum atomic E-state index is 12.0. The molecule has 0 aliphatic heterocycles. The van der Waals surface area contributed by atoms with Crippen LogP contribution in [-0.2, 0) is 0 Å². The second kappa shape index (κ2) is 7.41. The van der Waals surface area contributed by atoms with Crippen molar-refractivity contribution in [1.29, 1.82) is 0 Å². The van der Waals surface area contributed by atoms with Crippen LogP contribution in [-0.4, -0.2) is 45.1 Å². The molecule has 0 fully saturated rings. The van der Waals surface area contributed by atoms with E-state index >= 15 is 0 Å². The van der Waals surface area contributed by atoms with Gasteiger partial charge in [-0.2, -0.15) is 11.8 Å². The molecule has 2 unspecified atom stereocenters. The Hall–Kier alpha value is -1.38. The molecule has 0 saturated heterocycles. The smallest absolute Gasteiger partial charge is 0.288 e. The minimum Gasteiger partial charge on any atom is -0.395 e. The fourth-order valence-electron chi connectivity index (χ4n) is 1.51. The summed E-state index contributed by atoms with van der Waals surface area (Å²) in [5.41, 5.74) is -0.374. The molecular weight excluding hydrogens is 306 g/mol. The number of carbonyl (C=O) groups is 1. The molecule has 20 heavy (non-hydrogen) atoms. The van der Waals surface area contributed by atoms with Crippen LogP contribution in [0.15, 0.2) is 12.3 Å². The number of nitro groups is 1. The molecule has 1 amide bonds. The van der Waals surface area contributed by atoms with E-state index in [-0.39, 0.29) is 34.3 Å². The second-order valence-corrected chi connectivity index (χ2v) is 5.44. The van der Waals surface area contributed by atoms with Crippen molar-refractivity contribution in [2.24, 2.45) is 0 Å². The van der Waals surface area contributed by atoms with Crippen LogP contribution in [0.25, 0.3) is 0 Å². The van der Waals surface area contributed by atoms with Gasteiger partial charge in [0.25, 0.3) is 11.6 Å². The first-order valence-corrected chi connectivity index (χ1v) is 7.31. The number of thioether (sulfide) groups is 1. The van der Waals surface area contributed by atoms with Crippen molar-refractivity contribution >= 4 is 35.0 Å². The lowest BCUT2D eigenvalue weighted by Gasteiger charge is -2.21. The van der Waals surface area contributed by atoms with Crippen LogP contribution in [0.4, 0.5) is 5.69 Å². The van der Waals surface area contributed by atoms with Crippen LogP contribution < -0.4 is 5.32 Å². The third-order valence-electron chi connectivity index (χ3n) is 2.68. The summed E-state index contributed by atoms with van der Waals surface area (Å²) in [4.78, 5) is 25.7. The number of rotatable bonds is 6. The number of nitrogens with one attached hydrogen (secondary N) is 1. The summed E-state index contributed by atoms with van der Waals surface area (Å²) >= 11 is 7.18. The maximum Gasteiger partial charge on any atom is 0.288 e. The molecule has 0 aromatic carbocycles. The molecule has 1 aromatic rings. The van der Waals surface area contributed by atoms with Crippen LogP contribution in [0.1, 0.15) is 17.3 Å². The minimum absolute atomic E-state index is 0.0643. The van der Waals surface area contributed by atoms with Gasteiger partial charge in [-0.1, -0.05) is 11.6 Å². The summed E-state index contributed by atoms with van der Waals surface area (Å²) in [6.45, 7) is 1.64. The SMILES string of the molecule is CSC(CO)C(C)NC(=O)c1cc([N+](=O)[O-])cnc1Cl. The largest absolute Gasteiger partial charge is 0.395 e. The van der Waals surface area contributed by atoms with E-state index in [4.69, 9.17) is 16.7 Å². The Labute approximate surface area is 124 Å². The number of pyridine rings is 1. The van der Waals surface area contributed by atoms with Crippen molar-refractivity contribution in [3.05, 3.63) is 33.1 Å². The highest BCUT2D eigenvalue weighted by Gasteiger charge is 2.22. The monoisotopic (exact) mass is 319 g/mol. The Kier molecular flexibility index (Phi) is 6.18. The highest BCUT2D eigenvalue weighted by atomic mass is 35.5. The Morgan fingerprint density at radius 2 is 2.35 bits per heavy atom. The molecule has 0 aliphatic rings. The van der Waals surface area contributed by atoms with Gasteiger partial charge >= 0.3 is 0 Å². The number of amides is 1. The minimum atomic E-state index is -0.651. The van der Waals surface area contributed by atoms with Crippen molar-refractivity contribution in [3.63, 3.8) is 0 Å². The molecular formula is C11H14ClN3O4S. The van der Waals surface area contributed by atoms with E-state index in [0.29, 0.717) is 0 Å². The van der Waals surface area contributed by atoms with E-state index in [1.165, 1.54) is 11.8 Å². The normalized spacial score (nSPS) is 13.6. The van der Waals surface area contributed by atoms with Crippen molar-refractivity contribution in [3.8, 4) is 0 Å². The average Bonchev–Trinajstić information content (AvgIpc) is 2.40. The van der Waals surface area contributed by atoms with E-state index in [1.54, 1.807) is 6.92 Å². The van der Waals surface area contributed by atoms with E-state index in [9.17, 15) is 14.9 Å². The summed E-state index contributed by atoms with van der Waals surface area (Å²) < 4.78 is 0. The Morgan fingerprint density at radius 3 is 2.85 bits per heavy atom. The third kappa shape index (κ3) is 4.06. The highest BCUT2D eigenvalue weighted by molar-refractivity contribution is 7.99. The Balaban J connectivity index is 2.92. The molecule has 9 heteroatoms. The van der Waals surface area contributed by atoms with Gasteiger partial charge in [0.1, 0.15) is 11.3 Å². The Bertz CT molecular complexity index is 510. The molecule has 1 aromatic heterocycles. The van der Waals surface area contributed by atoms with Crippen LogP contribution in [0.2, 0.25) is 5.15 Å². The summed E-state index contributed by atoms with van der Waals surface area (Å²) in [6, 6.07) is 0.752. The lowest BCUT2D eigenvalue weighted by atomic mass is 10.2. The number of carbonyl (C=O) groups excluding carboxylic acids is 1. The number of aliphatic hydroxyl groups is 1. The van der Waals surface area contributed by atoms with Gasteiger partial charge in [-0.25, -0.2) is 4.98 Å². The topological polar surface area (TPSA) is 105 Å². The van der Waals surface area contributed by atoms with Gasteiger partial charge in [0.05, 0.1) is 17.1 Å². The zero-order chi connectivity index (χ0) is 15.3. The van der Waals surface area contributed by atoms with E-state index in [2.05, 4.69) is 10.3 Å². The molecule has 0 bridgehead atoms. The number of aromatic nitrogens is 1. The first kappa shape index (κ1) is 16.7. The van der Waals surface area contributed by atoms with Crippen molar-refractivity contribution in [2.75, 3.05) is 12.9 Å². The van der Waals surface area contributed by atoms with Gasteiger partial charge in [0.2, 0.25) is 0 Å². The third-order valence-corrected chi connectivity index (χ3v) is 4.14. The quantitative estimate of drug-likeness (QED) is 0.467. The highest BCUT2D eigenvalue weighted by Crippen LogP contribution is 2.19. The molecule has 0 aliphatic carbocycles. The van der Waals surface area contributed by atoms with Gasteiger partial charge in [0, 0.05) is 17.4 Å². The fraction of sp³-hybridized carbons (Fsp3) is 0.455. The lowest BCUT2D eigenvalue weighted by molar-refractivity contribution is -0.385. The predicted octanol–water partition coefficient (Wildman–Crippen LogP) is 1.49. The summed E-state index contributed by atoms with van der Waals surface area (Å²) in [6.07, 6.45) is 2.80. The van der Waals surface area contributed by atoms with Crippen LogP contribution >= 0.6 is 23.4 Å². The number of nitrogens with zero attached hydrogens (tertiary/aromatic N) is 2. The van der Waals surface area contributed by atoms with E-state index in [0.717, 1.165) is 12.3 Å². The van der Waals surface area contributed by atoms with Crippen molar-refractivity contribution < 1.29 is 14.8 Å². The predicted molar refractivity (Wildman–Crippen MR) is 77.2 cm³/mol. The van der Waals surface area contributed by atoms with Crippen LogP contribution in [0, 0.1) is 10.1 Å². The standard InChI is InChI=1S/C11H14ClN3O4S/c1-6(9(5-16)20-2)14-11(17)8-3-7(15(18)19)4-13-10(8)12/h3-4,6,9,16H,5H2,1-2H3,(H,14,17). The van der Waals surface area contributed by atoms with Gasteiger partial charge < -0.3 is 10.4 Å². The van der Waals surface area contributed by atoms with E-state index < -0.39 is 10.8 Å². The van der Waals surface area contributed by atoms with Gasteiger partial charge in [-0.3, -0.25) is 14.9 Å². The molecule has 1 rings (SSSR count). The fourth-order valence-corrected chi connectivity index (χ4v) is 2.32. The number of aliphatic hydroxyl groups excluding tert-OH is 1. The maximum absolute atomic E-state index is 12.0. The first-order chi connectivity index (χ1) is 9.40. The van der Waals surface area contributed by atoms with Crippen molar-refractivity contribution in [2.45, 2.75) is 18.2 Å². The average molecular weight is 320 g/mol. The molecule has 110 valence electrons. The van der Waals surface area contributed by atoms with Crippen LogP contribution in [0.3, 0.4) is 0 Å². The molecule has 2 atom stereocenters. The van der Waals surface area contributed by atoms with Crippen molar-refractivity contribution in [1.82, 2.24) is 10.3 Å². The lowest BCUT2D eigenvalue weighted by Crippen LogP contribution is -2.41. The summed E-state index contributed by atoms with van der Waals surface area (Å²) in [5.74, 6) is -0.564. The van der Waals surface area contributed by atoms with E-state index in [1.807, 2.05) is 6.26 Å². The second-order valence-electron chi connectivity index (χ2n) is 4.01. The van der Waals surface area contributed by atoms with Gasteiger partial charge in [0.15, 0.2) is 0 Å². The number of halogens is 1. The zero-order valence-electron chi connectivity index (χ0n) is 10.9. The Morgan fingerprint density at radius 1 is 1.70 bits per heavy atom. The molecule has 2 N–H and O–H groups in total. The zero-order valence-corrected chi connectivity index (χ0v) is 12.4. The summed E-state index contributed by atoms with van der Waals surface area (Å²) in [7, 11) is 0. The first-order valence-electron chi connectivity index (χ1n) is 5.65. The van der Waals surface area contributed by atoms with Gasteiger partial charge in [-0.15, -0.1) is 0 Å². The molecule has 0 saturated carbocycles. The molecule has 0 radical (unpaired) electrons. The molecule has 1 heterocycles. The number of hydrogen-bond acceptors (Lipinski definition) is 6. The summed E-state index contributed by atoms with van der Waals surface area (Å²) in [5, 5.41) is 22.2. The van der Waals surface area contributed by atoms with Gasteiger partial charge in [-0.05, 0) is 13.2 Å². The molecule has 7 nitrogen and oxygen atoms in total. The van der Waals surface area contributed by atoms with Crippen LogP contribution in [0.5, 0.6) is 0 Å². The molecule has 0 spiro atoms.